The first-order valence-corrected chi connectivity index (χ1v) is 7.65. The van der Waals surface area contributed by atoms with Crippen molar-refractivity contribution in [1.82, 2.24) is 5.32 Å². The number of nitrogens with one attached hydrogen (secondary N) is 1. The van der Waals surface area contributed by atoms with E-state index in [4.69, 9.17) is 16.3 Å². The minimum absolute atomic E-state index is 0.0442. The summed E-state index contributed by atoms with van der Waals surface area (Å²) in [4.78, 5) is 11.9. The largest absolute Gasteiger partial charge is 0.483 e. The average Bonchev–Trinajstić information content (AvgIpc) is 2.47. The van der Waals surface area contributed by atoms with Crippen molar-refractivity contribution in [2.45, 2.75) is 13.0 Å². The van der Waals surface area contributed by atoms with Crippen molar-refractivity contribution < 1.29 is 9.53 Å². The fraction of sp³-hybridized carbons (Fsp3) is 0.188. The van der Waals surface area contributed by atoms with E-state index in [1.165, 1.54) is 0 Å². The summed E-state index contributed by atoms with van der Waals surface area (Å²) in [5, 5.41) is 3.50. The summed E-state index contributed by atoms with van der Waals surface area (Å²) in [5.41, 5.74) is 1.05. The van der Waals surface area contributed by atoms with E-state index in [0.29, 0.717) is 10.8 Å². The number of carbonyl (C=O) groups is 1. The molecule has 0 fully saturated rings. The van der Waals surface area contributed by atoms with E-state index in [0.717, 1.165) is 10.0 Å². The fourth-order valence-electron chi connectivity index (χ4n) is 1.84. The van der Waals surface area contributed by atoms with Gasteiger partial charge in [0.15, 0.2) is 6.61 Å². The summed E-state index contributed by atoms with van der Waals surface area (Å²) in [5.74, 6) is 0.412. The van der Waals surface area contributed by atoms with Crippen molar-refractivity contribution in [2.75, 3.05) is 6.61 Å². The molecule has 0 aliphatic rings. The van der Waals surface area contributed by atoms with Crippen LogP contribution < -0.4 is 10.1 Å². The van der Waals surface area contributed by atoms with Crippen LogP contribution in [-0.4, -0.2) is 12.5 Å². The Hall–Kier alpha value is -1.52. The minimum Gasteiger partial charge on any atom is -0.483 e. The number of hydrogen-bond donors (Lipinski definition) is 1. The molecule has 110 valence electrons. The molecule has 0 radical (unpaired) electrons. The van der Waals surface area contributed by atoms with Crippen LogP contribution in [0.25, 0.3) is 0 Å². The molecule has 2 aromatic rings. The maximum Gasteiger partial charge on any atom is 0.258 e. The molecular formula is C16H15BrClNO2. The zero-order valence-corrected chi connectivity index (χ0v) is 13.8. The lowest BCUT2D eigenvalue weighted by Gasteiger charge is -2.15. The third-order valence-corrected chi connectivity index (χ3v) is 3.78. The van der Waals surface area contributed by atoms with Crippen molar-refractivity contribution in [1.29, 1.82) is 0 Å². The molecule has 0 saturated heterocycles. The van der Waals surface area contributed by atoms with Gasteiger partial charge in [-0.15, -0.1) is 0 Å². The Kier molecular flexibility index (Phi) is 5.65. The Morgan fingerprint density at radius 3 is 2.67 bits per heavy atom. The highest BCUT2D eigenvalue weighted by molar-refractivity contribution is 9.10. The van der Waals surface area contributed by atoms with Crippen LogP contribution in [0.4, 0.5) is 0 Å². The lowest BCUT2D eigenvalue weighted by Crippen LogP contribution is -2.31. The number of benzene rings is 2. The molecule has 5 heteroatoms. The Balaban J connectivity index is 1.87. The molecule has 21 heavy (non-hydrogen) atoms. The molecule has 0 heterocycles. The van der Waals surface area contributed by atoms with Gasteiger partial charge in [-0.3, -0.25) is 4.79 Å². The van der Waals surface area contributed by atoms with Crippen molar-refractivity contribution in [3.05, 3.63) is 63.6 Å². The normalized spacial score (nSPS) is 11.8. The second kappa shape index (κ2) is 7.48. The molecule has 0 aliphatic heterocycles. The van der Waals surface area contributed by atoms with Gasteiger partial charge < -0.3 is 10.1 Å². The van der Waals surface area contributed by atoms with Gasteiger partial charge >= 0.3 is 0 Å². The van der Waals surface area contributed by atoms with Crippen molar-refractivity contribution >= 4 is 33.4 Å². The predicted octanol–water partition coefficient (Wildman–Crippen LogP) is 4.36. The fourth-order valence-corrected chi connectivity index (χ4v) is 2.64. The third-order valence-electron chi connectivity index (χ3n) is 2.93. The highest BCUT2D eigenvalue weighted by Crippen LogP contribution is 2.27. The predicted molar refractivity (Wildman–Crippen MR) is 87.6 cm³/mol. The monoisotopic (exact) mass is 367 g/mol. The summed E-state index contributed by atoms with van der Waals surface area (Å²) in [7, 11) is 0. The molecule has 0 aromatic heterocycles. The lowest BCUT2D eigenvalue weighted by molar-refractivity contribution is -0.123. The topological polar surface area (TPSA) is 38.3 Å². The van der Waals surface area contributed by atoms with E-state index in [2.05, 4.69) is 21.2 Å². The summed E-state index contributed by atoms with van der Waals surface area (Å²) >= 11 is 9.20. The summed E-state index contributed by atoms with van der Waals surface area (Å²) in [6.07, 6.45) is 0. The molecule has 0 unspecified atom stereocenters. The first-order chi connectivity index (χ1) is 10.1. The van der Waals surface area contributed by atoms with Crippen molar-refractivity contribution in [3.8, 4) is 5.75 Å². The van der Waals surface area contributed by atoms with Gasteiger partial charge in [-0.05, 0) is 46.6 Å². The zero-order chi connectivity index (χ0) is 15.2. The Bertz CT molecular complexity index is 619. The molecule has 0 spiro atoms. The highest BCUT2D eigenvalue weighted by Gasteiger charge is 2.10. The Morgan fingerprint density at radius 2 is 2.00 bits per heavy atom. The third kappa shape index (κ3) is 4.76. The SMILES string of the molecule is C[C@@H](NC(=O)COc1ccc(Cl)cc1Br)c1ccccc1. The van der Waals surface area contributed by atoms with Gasteiger partial charge in [-0.1, -0.05) is 41.9 Å². The number of halogens is 2. The van der Waals surface area contributed by atoms with Gasteiger partial charge in [-0.25, -0.2) is 0 Å². The first-order valence-electron chi connectivity index (χ1n) is 6.48. The van der Waals surface area contributed by atoms with Gasteiger partial charge in [0, 0.05) is 5.02 Å². The molecule has 1 atom stereocenters. The Labute approximate surface area is 137 Å². The number of carbonyl (C=O) groups excluding carboxylic acids is 1. The second-order valence-corrected chi connectivity index (χ2v) is 5.85. The molecule has 0 bridgehead atoms. The zero-order valence-electron chi connectivity index (χ0n) is 11.5. The molecule has 1 amide bonds. The van der Waals surface area contributed by atoms with Crippen LogP contribution in [0.5, 0.6) is 5.75 Å². The quantitative estimate of drug-likeness (QED) is 0.851. The lowest BCUT2D eigenvalue weighted by atomic mass is 10.1. The second-order valence-electron chi connectivity index (χ2n) is 4.56. The van der Waals surface area contributed by atoms with E-state index < -0.39 is 0 Å². The standard InChI is InChI=1S/C16H15BrClNO2/c1-11(12-5-3-2-4-6-12)19-16(20)10-21-15-8-7-13(18)9-14(15)17/h2-9,11H,10H2,1H3,(H,19,20)/t11-/m1/s1. The average molecular weight is 369 g/mol. The van der Waals surface area contributed by atoms with Gasteiger partial charge in [0.1, 0.15) is 5.75 Å². The highest BCUT2D eigenvalue weighted by atomic mass is 79.9. The van der Waals surface area contributed by atoms with E-state index in [9.17, 15) is 4.79 Å². The van der Waals surface area contributed by atoms with Gasteiger partial charge in [0.2, 0.25) is 0 Å². The molecule has 3 nitrogen and oxygen atoms in total. The number of ether oxygens (including phenoxy) is 1. The van der Waals surface area contributed by atoms with Crippen LogP contribution in [0.3, 0.4) is 0 Å². The van der Waals surface area contributed by atoms with Crippen molar-refractivity contribution in [2.24, 2.45) is 0 Å². The maximum atomic E-state index is 11.9. The number of rotatable bonds is 5. The van der Waals surface area contributed by atoms with Gasteiger partial charge in [-0.2, -0.15) is 0 Å². The van der Waals surface area contributed by atoms with Crippen LogP contribution in [0.1, 0.15) is 18.5 Å². The van der Waals surface area contributed by atoms with E-state index >= 15 is 0 Å². The van der Waals surface area contributed by atoms with Crippen LogP contribution >= 0.6 is 27.5 Å². The Morgan fingerprint density at radius 1 is 1.29 bits per heavy atom. The molecule has 2 aromatic carbocycles. The van der Waals surface area contributed by atoms with E-state index in [-0.39, 0.29) is 18.6 Å². The van der Waals surface area contributed by atoms with E-state index in [1.54, 1.807) is 18.2 Å². The van der Waals surface area contributed by atoms with Crippen LogP contribution in [0, 0.1) is 0 Å². The van der Waals surface area contributed by atoms with Gasteiger partial charge in [0.25, 0.3) is 5.91 Å². The molecular weight excluding hydrogens is 354 g/mol. The van der Waals surface area contributed by atoms with Crippen LogP contribution in [0.2, 0.25) is 5.02 Å². The maximum absolute atomic E-state index is 11.9. The first kappa shape index (κ1) is 15.9. The smallest absolute Gasteiger partial charge is 0.258 e. The van der Waals surface area contributed by atoms with Crippen molar-refractivity contribution in [3.63, 3.8) is 0 Å². The molecule has 0 saturated carbocycles. The van der Waals surface area contributed by atoms with E-state index in [1.807, 2.05) is 37.3 Å². The molecule has 1 N–H and O–H groups in total. The summed E-state index contributed by atoms with van der Waals surface area (Å²) < 4.78 is 6.19. The van der Waals surface area contributed by atoms with Crippen LogP contribution in [-0.2, 0) is 4.79 Å². The number of hydrogen-bond acceptors (Lipinski definition) is 2. The summed E-state index contributed by atoms with van der Waals surface area (Å²) in [6.45, 7) is 1.89. The molecule has 2 rings (SSSR count). The minimum atomic E-state index is -0.173. The van der Waals surface area contributed by atoms with Gasteiger partial charge in [0.05, 0.1) is 10.5 Å². The summed E-state index contributed by atoms with van der Waals surface area (Å²) in [6, 6.07) is 14.9. The van der Waals surface area contributed by atoms with Crippen LogP contribution in [0.15, 0.2) is 53.0 Å². The number of amides is 1. The molecule has 0 aliphatic carbocycles.